The molecule has 0 atom stereocenters. The Kier molecular flexibility index (Phi) is 3.92. The maximum atomic E-state index is 11.2. The Morgan fingerprint density at radius 2 is 1.73 bits per heavy atom. The van der Waals surface area contributed by atoms with Crippen molar-refractivity contribution >= 4 is 17.7 Å². The van der Waals surface area contributed by atoms with Crippen LogP contribution in [0.3, 0.4) is 0 Å². The second-order valence-electron chi connectivity index (χ2n) is 4.39. The fourth-order valence-electron chi connectivity index (χ4n) is 2.45. The molecule has 0 bridgehead atoms. The van der Waals surface area contributed by atoms with E-state index in [1.54, 1.807) is 6.92 Å². The van der Waals surface area contributed by atoms with Crippen LogP contribution < -0.4 is 0 Å². The minimum absolute atomic E-state index is 0.230. The van der Waals surface area contributed by atoms with E-state index in [1.165, 1.54) is 24.3 Å². The standard InChI is InChI=1S/C11H20N2OS/c1-10(14)12-4-6-13(7-5-12)11-2-8-15-9-3-11/h11H,2-9H2,1H3. The molecule has 0 aromatic rings. The van der Waals surface area contributed by atoms with Crippen LogP contribution in [0.4, 0.5) is 0 Å². The number of carbonyl (C=O) groups is 1. The maximum Gasteiger partial charge on any atom is 0.219 e. The Morgan fingerprint density at radius 3 is 2.27 bits per heavy atom. The zero-order valence-electron chi connectivity index (χ0n) is 9.45. The smallest absolute Gasteiger partial charge is 0.219 e. The highest BCUT2D eigenvalue weighted by Gasteiger charge is 2.25. The second-order valence-corrected chi connectivity index (χ2v) is 5.61. The maximum absolute atomic E-state index is 11.2. The first-order valence-electron chi connectivity index (χ1n) is 5.84. The van der Waals surface area contributed by atoms with Gasteiger partial charge in [-0.15, -0.1) is 0 Å². The molecule has 2 heterocycles. The highest BCUT2D eigenvalue weighted by Crippen LogP contribution is 2.22. The van der Waals surface area contributed by atoms with Crippen LogP contribution in [-0.2, 0) is 4.79 Å². The number of thioether (sulfide) groups is 1. The average Bonchev–Trinajstić information content (AvgIpc) is 2.30. The van der Waals surface area contributed by atoms with Gasteiger partial charge < -0.3 is 4.90 Å². The first-order chi connectivity index (χ1) is 7.27. The van der Waals surface area contributed by atoms with Crippen molar-refractivity contribution in [1.82, 2.24) is 9.80 Å². The van der Waals surface area contributed by atoms with Crippen LogP contribution in [0.15, 0.2) is 0 Å². The fourth-order valence-corrected chi connectivity index (χ4v) is 3.53. The summed E-state index contributed by atoms with van der Waals surface area (Å²) in [4.78, 5) is 15.7. The van der Waals surface area contributed by atoms with Crippen molar-refractivity contribution in [2.75, 3.05) is 37.7 Å². The van der Waals surface area contributed by atoms with E-state index in [0.29, 0.717) is 0 Å². The summed E-state index contributed by atoms with van der Waals surface area (Å²) >= 11 is 2.08. The van der Waals surface area contributed by atoms with Crippen molar-refractivity contribution < 1.29 is 4.79 Å². The first kappa shape index (κ1) is 11.3. The molecule has 0 saturated carbocycles. The SMILES string of the molecule is CC(=O)N1CCN(C2CCSCC2)CC1. The lowest BCUT2D eigenvalue weighted by Crippen LogP contribution is -2.52. The lowest BCUT2D eigenvalue weighted by atomic mass is 10.1. The van der Waals surface area contributed by atoms with E-state index < -0.39 is 0 Å². The monoisotopic (exact) mass is 228 g/mol. The van der Waals surface area contributed by atoms with Crippen LogP contribution in [0, 0.1) is 0 Å². The zero-order valence-corrected chi connectivity index (χ0v) is 10.3. The number of amides is 1. The van der Waals surface area contributed by atoms with Gasteiger partial charge in [0.05, 0.1) is 0 Å². The van der Waals surface area contributed by atoms with Gasteiger partial charge in [0.15, 0.2) is 0 Å². The summed E-state index contributed by atoms with van der Waals surface area (Å²) < 4.78 is 0. The zero-order chi connectivity index (χ0) is 10.7. The van der Waals surface area contributed by atoms with Crippen molar-refractivity contribution in [1.29, 1.82) is 0 Å². The van der Waals surface area contributed by atoms with E-state index in [2.05, 4.69) is 16.7 Å². The summed E-state index contributed by atoms with van der Waals surface area (Å²) in [6, 6.07) is 0.792. The van der Waals surface area contributed by atoms with E-state index >= 15 is 0 Å². The molecule has 2 rings (SSSR count). The molecule has 0 aromatic heterocycles. The molecule has 2 fully saturated rings. The molecule has 0 spiro atoms. The highest BCUT2D eigenvalue weighted by atomic mass is 32.2. The van der Waals surface area contributed by atoms with E-state index in [4.69, 9.17) is 0 Å². The second kappa shape index (κ2) is 5.21. The number of carbonyl (C=O) groups excluding carboxylic acids is 1. The largest absolute Gasteiger partial charge is 0.340 e. The summed E-state index contributed by atoms with van der Waals surface area (Å²) in [5.74, 6) is 2.86. The van der Waals surface area contributed by atoms with Crippen molar-refractivity contribution in [2.45, 2.75) is 25.8 Å². The normalized spacial score (nSPS) is 25.5. The molecule has 0 aliphatic carbocycles. The Labute approximate surface area is 96.2 Å². The van der Waals surface area contributed by atoms with Crippen LogP contribution in [-0.4, -0.2) is 59.4 Å². The minimum atomic E-state index is 0.230. The minimum Gasteiger partial charge on any atom is -0.340 e. The van der Waals surface area contributed by atoms with Gasteiger partial charge >= 0.3 is 0 Å². The Morgan fingerprint density at radius 1 is 1.13 bits per heavy atom. The van der Waals surface area contributed by atoms with Gasteiger partial charge in [0.2, 0.25) is 5.91 Å². The summed E-state index contributed by atoms with van der Waals surface area (Å²) in [6.07, 6.45) is 2.68. The number of nitrogens with zero attached hydrogens (tertiary/aromatic N) is 2. The third kappa shape index (κ3) is 2.88. The molecule has 3 nitrogen and oxygen atoms in total. The fraction of sp³-hybridized carbons (Fsp3) is 0.909. The molecule has 0 aromatic carbocycles. The average molecular weight is 228 g/mol. The van der Waals surface area contributed by atoms with Crippen LogP contribution >= 0.6 is 11.8 Å². The predicted octanol–water partition coefficient (Wildman–Crippen LogP) is 1.05. The molecular weight excluding hydrogens is 208 g/mol. The molecule has 0 radical (unpaired) electrons. The summed E-state index contributed by atoms with van der Waals surface area (Å²) in [5.41, 5.74) is 0. The molecule has 4 heteroatoms. The van der Waals surface area contributed by atoms with E-state index in [0.717, 1.165) is 32.2 Å². The number of piperazine rings is 1. The third-order valence-electron chi connectivity index (χ3n) is 3.47. The Hall–Kier alpha value is -0.220. The van der Waals surface area contributed by atoms with Crippen LogP contribution in [0.5, 0.6) is 0 Å². The quantitative estimate of drug-likeness (QED) is 0.670. The summed E-state index contributed by atoms with van der Waals surface area (Å²) in [7, 11) is 0. The molecule has 2 aliphatic rings. The van der Waals surface area contributed by atoms with Gasteiger partial charge in [-0.2, -0.15) is 11.8 Å². The molecular formula is C11H20N2OS. The summed E-state index contributed by atoms with van der Waals surface area (Å²) in [6.45, 7) is 5.69. The van der Waals surface area contributed by atoms with Crippen molar-refractivity contribution in [3.63, 3.8) is 0 Å². The molecule has 0 unspecified atom stereocenters. The Balaban J connectivity index is 1.79. The molecule has 1 amide bonds. The van der Waals surface area contributed by atoms with E-state index in [1.807, 2.05) is 4.90 Å². The third-order valence-corrected chi connectivity index (χ3v) is 4.52. The van der Waals surface area contributed by atoms with Crippen molar-refractivity contribution in [3.8, 4) is 0 Å². The van der Waals surface area contributed by atoms with Crippen molar-refractivity contribution in [2.24, 2.45) is 0 Å². The van der Waals surface area contributed by atoms with Gasteiger partial charge in [-0.05, 0) is 24.3 Å². The van der Waals surface area contributed by atoms with Crippen LogP contribution in [0.2, 0.25) is 0 Å². The number of hydrogen-bond acceptors (Lipinski definition) is 3. The Bertz CT molecular complexity index is 221. The van der Waals surface area contributed by atoms with Gasteiger partial charge in [-0.1, -0.05) is 0 Å². The van der Waals surface area contributed by atoms with Gasteiger partial charge in [0.25, 0.3) is 0 Å². The summed E-state index contributed by atoms with van der Waals surface area (Å²) in [5, 5.41) is 0. The lowest BCUT2D eigenvalue weighted by molar-refractivity contribution is -0.130. The van der Waals surface area contributed by atoms with Gasteiger partial charge in [-0.3, -0.25) is 9.69 Å². The van der Waals surface area contributed by atoms with E-state index in [-0.39, 0.29) is 5.91 Å². The molecule has 0 N–H and O–H groups in total. The van der Waals surface area contributed by atoms with Crippen LogP contribution in [0.1, 0.15) is 19.8 Å². The predicted molar refractivity (Wildman–Crippen MR) is 64.2 cm³/mol. The van der Waals surface area contributed by atoms with Crippen LogP contribution in [0.25, 0.3) is 0 Å². The van der Waals surface area contributed by atoms with Gasteiger partial charge in [0, 0.05) is 39.1 Å². The molecule has 15 heavy (non-hydrogen) atoms. The van der Waals surface area contributed by atoms with Gasteiger partial charge in [-0.25, -0.2) is 0 Å². The number of rotatable bonds is 1. The molecule has 86 valence electrons. The van der Waals surface area contributed by atoms with E-state index in [9.17, 15) is 4.79 Å². The highest BCUT2D eigenvalue weighted by molar-refractivity contribution is 7.99. The van der Waals surface area contributed by atoms with Crippen molar-refractivity contribution in [3.05, 3.63) is 0 Å². The number of hydrogen-bond donors (Lipinski definition) is 0. The van der Waals surface area contributed by atoms with Gasteiger partial charge in [0.1, 0.15) is 0 Å². The molecule has 2 aliphatic heterocycles. The first-order valence-corrected chi connectivity index (χ1v) is 7.00. The topological polar surface area (TPSA) is 23.6 Å². The lowest BCUT2D eigenvalue weighted by Gasteiger charge is -2.40. The molecule has 2 saturated heterocycles.